The predicted octanol–water partition coefficient (Wildman–Crippen LogP) is 1.72. The van der Waals surface area contributed by atoms with E-state index in [9.17, 15) is 13.2 Å². The van der Waals surface area contributed by atoms with Crippen LogP contribution in [0, 0.1) is 6.92 Å². The maximum atomic E-state index is 12.1. The number of nitrogens with zero attached hydrogens (tertiary/aromatic N) is 1. The Morgan fingerprint density at radius 1 is 1.35 bits per heavy atom. The number of rotatable bonds is 3. The molecule has 0 aliphatic carbocycles. The van der Waals surface area contributed by atoms with Crippen molar-refractivity contribution in [3.8, 4) is 0 Å². The van der Waals surface area contributed by atoms with Crippen LogP contribution < -0.4 is 0 Å². The minimum atomic E-state index is -3.78. The number of benzene rings is 1. The summed E-state index contributed by atoms with van der Waals surface area (Å²) in [6.45, 7) is 6.71. The van der Waals surface area contributed by atoms with E-state index in [4.69, 9.17) is 0 Å². The van der Waals surface area contributed by atoms with Crippen molar-refractivity contribution in [3.05, 3.63) is 42.0 Å². The highest BCUT2D eigenvalue weighted by atomic mass is 32.2. The SMILES string of the molecule is C=C(C)C(=O)N(C)S(=O)(=O)c1cccc(C)c1. The fraction of sp³-hybridized carbons (Fsp3) is 0.250. The largest absolute Gasteiger partial charge is 0.268 e. The van der Waals surface area contributed by atoms with Crippen molar-refractivity contribution in [3.63, 3.8) is 0 Å². The topological polar surface area (TPSA) is 54.5 Å². The second-order valence-electron chi connectivity index (χ2n) is 3.87. The molecule has 0 saturated heterocycles. The van der Waals surface area contributed by atoms with Crippen LogP contribution in [-0.4, -0.2) is 25.7 Å². The molecule has 1 aromatic carbocycles. The third kappa shape index (κ3) is 2.74. The van der Waals surface area contributed by atoms with Crippen LogP contribution >= 0.6 is 0 Å². The summed E-state index contributed by atoms with van der Waals surface area (Å²) in [5.74, 6) is -0.605. The predicted molar refractivity (Wildman–Crippen MR) is 65.9 cm³/mol. The highest BCUT2D eigenvalue weighted by Crippen LogP contribution is 2.16. The lowest BCUT2D eigenvalue weighted by atomic mass is 10.2. The van der Waals surface area contributed by atoms with E-state index in [1.165, 1.54) is 26.1 Å². The molecule has 5 heteroatoms. The zero-order valence-corrected chi connectivity index (χ0v) is 10.9. The molecule has 92 valence electrons. The average Bonchev–Trinajstić information content (AvgIpc) is 2.26. The number of hydrogen-bond donors (Lipinski definition) is 0. The molecular weight excluding hydrogens is 238 g/mol. The standard InChI is InChI=1S/C12H15NO3S/c1-9(2)12(14)13(4)17(15,16)11-7-5-6-10(3)8-11/h5-8H,1H2,2-4H3. The minimum Gasteiger partial charge on any atom is -0.268 e. The summed E-state index contributed by atoms with van der Waals surface area (Å²) in [5.41, 5.74) is 1.01. The first-order chi connectivity index (χ1) is 7.76. The van der Waals surface area contributed by atoms with Crippen molar-refractivity contribution in [2.45, 2.75) is 18.7 Å². The van der Waals surface area contributed by atoms with Crippen LogP contribution in [0.3, 0.4) is 0 Å². The minimum absolute atomic E-state index is 0.106. The second-order valence-corrected chi connectivity index (χ2v) is 5.84. The van der Waals surface area contributed by atoms with Crippen molar-refractivity contribution in [1.29, 1.82) is 0 Å². The van der Waals surface area contributed by atoms with Gasteiger partial charge in [0.1, 0.15) is 0 Å². The first kappa shape index (κ1) is 13.4. The van der Waals surface area contributed by atoms with E-state index in [1.807, 2.05) is 0 Å². The van der Waals surface area contributed by atoms with Crippen molar-refractivity contribution < 1.29 is 13.2 Å². The molecule has 0 bridgehead atoms. The highest BCUT2D eigenvalue weighted by molar-refractivity contribution is 7.89. The second kappa shape index (κ2) is 4.71. The Morgan fingerprint density at radius 3 is 2.41 bits per heavy atom. The van der Waals surface area contributed by atoms with Gasteiger partial charge in [0.05, 0.1) is 4.90 Å². The van der Waals surface area contributed by atoms with Gasteiger partial charge in [-0.3, -0.25) is 4.79 Å². The highest BCUT2D eigenvalue weighted by Gasteiger charge is 2.25. The van der Waals surface area contributed by atoms with Gasteiger partial charge < -0.3 is 0 Å². The van der Waals surface area contributed by atoms with E-state index in [0.29, 0.717) is 4.31 Å². The van der Waals surface area contributed by atoms with E-state index in [-0.39, 0.29) is 10.5 Å². The Labute approximate surface area is 102 Å². The third-order valence-electron chi connectivity index (χ3n) is 2.30. The van der Waals surface area contributed by atoms with Crippen molar-refractivity contribution in [1.82, 2.24) is 4.31 Å². The summed E-state index contributed by atoms with van der Waals surface area (Å²) in [6.07, 6.45) is 0. The maximum Gasteiger partial charge on any atom is 0.266 e. The molecule has 1 aromatic rings. The maximum absolute atomic E-state index is 12.1. The number of amides is 1. The Morgan fingerprint density at radius 2 is 1.94 bits per heavy atom. The molecule has 4 nitrogen and oxygen atoms in total. The summed E-state index contributed by atoms with van der Waals surface area (Å²) in [6, 6.07) is 6.42. The van der Waals surface area contributed by atoms with Gasteiger partial charge in [-0.1, -0.05) is 18.7 Å². The molecule has 0 saturated carbocycles. The zero-order chi connectivity index (χ0) is 13.2. The molecular formula is C12H15NO3S. The monoisotopic (exact) mass is 253 g/mol. The summed E-state index contributed by atoms with van der Waals surface area (Å²) in [4.78, 5) is 11.7. The molecule has 1 amide bonds. The van der Waals surface area contributed by atoms with Gasteiger partial charge in [0.25, 0.3) is 15.9 Å². The van der Waals surface area contributed by atoms with Gasteiger partial charge in [0.15, 0.2) is 0 Å². The van der Waals surface area contributed by atoms with Crippen molar-refractivity contribution >= 4 is 15.9 Å². The lowest BCUT2D eigenvalue weighted by Crippen LogP contribution is -2.33. The Balaban J connectivity index is 3.21. The van der Waals surface area contributed by atoms with Gasteiger partial charge in [-0.05, 0) is 31.5 Å². The molecule has 0 aliphatic heterocycles. The summed E-state index contributed by atoms with van der Waals surface area (Å²) < 4.78 is 24.9. The lowest BCUT2D eigenvalue weighted by molar-refractivity contribution is -0.121. The summed E-state index contributed by atoms with van der Waals surface area (Å²) >= 11 is 0. The van der Waals surface area contributed by atoms with Gasteiger partial charge in [0, 0.05) is 12.6 Å². The van der Waals surface area contributed by atoms with Crippen molar-refractivity contribution in [2.75, 3.05) is 7.05 Å². The van der Waals surface area contributed by atoms with Gasteiger partial charge in [0.2, 0.25) is 0 Å². The Kier molecular flexibility index (Phi) is 3.72. The van der Waals surface area contributed by atoms with Gasteiger partial charge >= 0.3 is 0 Å². The lowest BCUT2D eigenvalue weighted by Gasteiger charge is -2.17. The molecule has 0 heterocycles. The van der Waals surface area contributed by atoms with E-state index in [0.717, 1.165) is 5.56 Å². The average molecular weight is 253 g/mol. The van der Waals surface area contributed by atoms with Crippen LogP contribution in [0.5, 0.6) is 0 Å². The summed E-state index contributed by atoms with van der Waals surface area (Å²) in [5, 5.41) is 0. The first-order valence-corrected chi connectivity index (χ1v) is 6.46. The Hall–Kier alpha value is -1.62. The zero-order valence-electron chi connectivity index (χ0n) is 10.1. The van der Waals surface area contributed by atoms with Crippen LogP contribution in [0.4, 0.5) is 0 Å². The number of aryl methyl sites for hydroxylation is 1. The van der Waals surface area contributed by atoms with Crippen LogP contribution in [0.1, 0.15) is 12.5 Å². The molecule has 0 aliphatic rings. The molecule has 1 rings (SSSR count). The third-order valence-corrected chi connectivity index (χ3v) is 4.04. The van der Waals surface area contributed by atoms with Crippen LogP contribution in [0.2, 0.25) is 0 Å². The molecule has 0 fully saturated rings. The number of carbonyl (C=O) groups is 1. The molecule has 0 unspecified atom stereocenters. The van der Waals surface area contributed by atoms with E-state index in [1.54, 1.807) is 19.1 Å². The van der Waals surface area contributed by atoms with Gasteiger partial charge in [-0.15, -0.1) is 0 Å². The normalized spacial score (nSPS) is 11.0. The van der Waals surface area contributed by atoms with E-state index in [2.05, 4.69) is 6.58 Å². The van der Waals surface area contributed by atoms with E-state index < -0.39 is 15.9 Å². The molecule has 0 aromatic heterocycles. The quantitative estimate of drug-likeness (QED) is 0.771. The summed E-state index contributed by atoms with van der Waals surface area (Å²) in [7, 11) is -2.55. The molecule has 0 atom stereocenters. The number of sulfonamides is 1. The van der Waals surface area contributed by atoms with Crippen LogP contribution in [-0.2, 0) is 14.8 Å². The Bertz CT molecular complexity index is 561. The molecule has 17 heavy (non-hydrogen) atoms. The number of hydrogen-bond acceptors (Lipinski definition) is 3. The molecule has 0 spiro atoms. The van der Waals surface area contributed by atoms with Gasteiger partial charge in [-0.2, -0.15) is 0 Å². The molecule has 0 N–H and O–H groups in total. The van der Waals surface area contributed by atoms with Gasteiger partial charge in [-0.25, -0.2) is 12.7 Å². The number of carbonyl (C=O) groups excluding carboxylic acids is 1. The fourth-order valence-electron chi connectivity index (χ4n) is 1.31. The van der Waals surface area contributed by atoms with Crippen LogP contribution in [0.15, 0.2) is 41.3 Å². The number of likely N-dealkylation sites (N-methyl/N-ethyl adjacent to an activating group) is 1. The van der Waals surface area contributed by atoms with Crippen molar-refractivity contribution in [2.24, 2.45) is 0 Å². The van der Waals surface area contributed by atoms with E-state index >= 15 is 0 Å². The first-order valence-electron chi connectivity index (χ1n) is 5.02. The smallest absolute Gasteiger partial charge is 0.266 e. The van der Waals surface area contributed by atoms with Crippen LogP contribution in [0.25, 0.3) is 0 Å². The molecule has 0 radical (unpaired) electrons. The fourth-order valence-corrected chi connectivity index (χ4v) is 2.59.